The third-order valence-electron chi connectivity index (χ3n) is 3.10. The van der Waals surface area contributed by atoms with Gasteiger partial charge in [-0.05, 0) is 12.1 Å². The van der Waals surface area contributed by atoms with E-state index in [2.05, 4.69) is 25.3 Å². The zero-order chi connectivity index (χ0) is 14.9. The van der Waals surface area contributed by atoms with Crippen molar-refractivity contribution < 1.29 is 4.74 Å². The normalized spacial score (nSPS) is 11.0. The highest BCUT2D eigenvalue weighted by molar-refractivity contribution is 7.19. The van der Waals surface area contributed by atoms with Gasteiger partial charge in [0, 0.05) is 18.0 Å². The molecule has 0 bridgehead atoms. The lowest BCUT2D eigenvalue weighted by atomic mass is 10.2. The molecule has 4 aromatic rings. The van der Waals surface area contributed by atoms with Crippen LogP contribution in [-0.2, 0) is 0 Å². The van der Waals surface area contributed by atoms with Gasteiger partial charge in [-0.1, -0.05) is 23.5 Å². The molecule has 1 aromatic carbocycles. The lowest BCUT2D eigenvalue weighted by Crippen LogP contribution is -1.93. The van der Waals surface area contributed by atoms with Crippen LogP contribution in [0.4, 0.5) is 0 Å². The van der Waals surface area contributed by atoms with E-state index in [1.54, 1.807) is 30.2 Å². The van der Waals surface area contributed by atoms with Gasteiger partial charge >= 0.3 is 0 Å². The van der Waals surface area contributed by atoms with Crippen LogP contribution >= 0.6 is 11.3 Å². The van der Waals surface area contributed by atoms with Crippen LogP contribution in [0.3, 0.4) is 0 Å². The number of hydrogen-bond donors (Lipinski definition) is 0. The first-order chi connectivity index (χ1) is 10.8. The molecule has 0 aliphatic carbocycles. The Morgan fingerprint density at radius 3 is 2.95 bits per heavy atom. The van der Waals surface area contributed by atoms with Gasteiger partial charge in [0.05, 0.1) is 13.3 Å². The molecular weight excluding hydrogens is 300 g/mol. The van der Waals surface area contributed by atoms with Gasteiger partial charge in [-0.3, -0.25) is 4.98 Å². The topological polar surface area (TPSA) is 78.1 Å². The van der Waals surface area contributed by atoms with E-state index in [1.165, 1.54) is 11.3 Å². The maximum absolute atomic E-state index is 5.25. The van der Waals surface area contributed by atoms with Gasteiger partial charge in [-0.15, -0.1) is 10.2 Å². The minimum Gasteiger partial charge on any atom is -0.497 e. The van der Waals surface area contributed by atoms with Gasteiger partial charge < -0.3 is 4.74 Å². The fraction of sp³-hybridized carbons (Fsp3) is 0.0714. The number of rotatable bonds is 3. The molecule has 0 aliphatic heterocycles. The molecule has 0 spiro atoms. The number of nitrogens with zero attached hydrogens (tertiary/aromatic N) is 6. The average Bonchev–Trinajstić information content (AvgIpc) is 3.16. The van der Waals surface area contributed by atoms with Crippen molar-refractivity contribution in [2.24, 2.45) is 0 Å². The van der Waals surface area contributed by atoms with E-state index in [4.69, 9.17) is 4.74 Å². The standard InChI is InChI=1S/C14H10N6OS/c1-21-10-4-2-3-9(7-10)13-19-20-12(17-18-14(20)22-13)11-8-15-5-6-16-11/h2-8H,1H3. The molecule has 0 N–H and O–H groups in total. The summed E-state index contributed by atoms with van der Waals surface area (Å²) < 4.78 is 6.93. The average molecular weight is 310 g/mol. The summed E-state index contributed by atoms with van der Waals surface area (Å²) in [7, 11) is 1.64. The van der Waals surface area contributed by atoms with Crippen molar-refractivity contribution in [3.63, 3.8) is 0 Å². The SMILES string of the molecule is COc1cccc(-c2nn3c(-c4cnccn4)nnc3s2)c1. The molecule has 0 fully saturated rings. The van der Waals surface area contributed by atoms with Crippen molar-refractivity contribution in [3.8, 4) is 27.8 Å². The molecule has 22 heavy (non-hydrogen) atoms. The number of aromatic nitrogens is 6. The van der Waals surface area contributed by atoms with Crippen molar-refractivity contribution >= 4 is 16.3 Å². The number of hydrogen-bond acceptors (Lipinski definition) is 7. The smallest absolute Gasteiger partial charge is 0.235 e. The Morgan fingerprint density at radius 1 is 1.18 bits per heavy atom. The summed E-state index contributed by atoms with van der Waals surface area (Å²) in [6.45, 7) is 0. The summed E-state index contributed by atoms with van der Waals surface area (Å²) in [5.74, 6) is 1.37. The molecular formula is C14H10N6OS. The Hall–Kier alpha value is -2.87. The Balaban J connectivity index is 1.83. The van der Waals surface area contributed by atoms with Crippen LogP contribution in [0.1, 0.15) is 0 Å². The monoisotopic (exact) mass is 310 g/mol. The number of fused-ring (bicyclic) bond motifs is 1. The van der Waals surface area contributed by atoms with E-state index in [0.29, 0.717) is 16.5 Å². The Kier molecular flexibility index (Phi) is 3.01. The van der Waals surface area contributed by atoms with E-state index in [1.807, 2.05) is 24.3 Å². The van der Waals surface area contributed by atoms with Gasteiger partial charge in [-0.2, -0.15) is 9.61 Å². The van der Waals surface area contributed by atoms with E-state index in [-0.39, 0.29) is 0 Å². The Labute approximate surface area is 129 Å². The molecule has 3 heterocycles. The van der Waals surface area contributed by atoms with Crippen LogP contribution in [0.15, 0.2) is 42.9 Å². The van der Waals surface area contributed by atoms with E-state index in [0.717, 1.165) is 16.3 Å². The van der Waals surface area contributed by atoms with Gasteiger partial charge in [-0.25, -0.2) is 4.98 Å². The second-order valence-corrected chi connectivity index (χ2v) is 5.40. The molecule has 7 nitrogen and oxygen atoms in total. The summed E-state index contributed by atoms with van der Waals surface area (Å²) in [5.41, 5.74) is 1.61. The van der Waals surface area contributed by atoms with Crippen molar-refractivity contribution in [3.05, 3.63) is 42.9 Å². The Bertz CT molecular complexity index is 933. The first-order valence-corrected chi connectivity index (χ1v) is 7.30. The van der Waals surface area contributed by atoms with Crippen LogP contribution in [0.25, 0.3) is 27.1 Å². The van der Waals surface area contributed by atoms with Crippen LogP contribution in [0, 0.1) is 0 Å². The molecule has 0 radical (unpaired) electrons. The van der Waals surface area contributed by atoms with Crippen molar-refractivity contribution in [1.29, 1.82) is 0 Å². The van der Waals surface area contributed by atoms with Crippen LogP contribution < -0.4 is 4.74 Å². The highest BCUT2D eigenvalue weighted by atomic mass is 32.1. The predicted molar refractivity (Wildman–Crippen MR) is 81.7 cm³/mol. The maximum Gasteiger partial charge on any atom is 0.235 e. The minimum atomic E-state index is 0.577. The lowest BCUT2D eigenvalue weighted by molar-refractivity contribution is 0.415. The summed E-state index contributed by atoms with van der Waals surface area (Å²) in [6, 6.07) is 7.75. The number of methoxy groups -OCH3 is 1. The van der Waals surface area contributed by atoms with E-state index < -0.39 is 0 Å². The third kappa shape index (κ3) is 2.09. The molecule has 4 rings (SSSR count). The highest BCUT2D eigenvalue weighted by Crippen LogP contribution is 2.29. The van der Waals surface area contributed by atoms with Crippen molar-refractivity contribution in [1.82, 2.24) is 29.8 Å². The quantitative estimate of drug-likeness (QED) is 0.578. The summed E-state index contributed by atoms with van der Waals surface area (Å²) >= 11 is 1.46. The first-order valence-electron chi connectivity index (χ1n) is 6.48. The van der Waals surface area contributed by atoms with Crippen LogP contribution in [-0.4, -0.2) is 36.9 Å². The minimum absolute atomic E-state index is 0.577. The summed E-state index contributed by atoms with van der Waals surface area (Å²) in [4.78, 5) is 9.00. The van der Waals surface area contributed by atoms with Gasteiger partial charge in [0.2, 0.25) is 10.8 Å². The largest absolute Gasteiger partial charge is 0.497 e. The van der Waals surface area contributed by atoms with Crippen LogP contribution in [0.2, 0.25) is 0 Å². The zero-order valence-corrected chi connectivity index (χ0v) is 12.4. The molecule has 0 unspecified atom stereocenters. The maximum atomic E-state index is 5.25. The Morgan fingerprint density at radius 2 is 2.14 bits per heavy atom. The molecule has 0 atom stereocenters. The summed E-state index contributed by atoms with van der Waals surface area (Å²) in [6.07, 6.45) is 4.87. The first kappa shape index (κ1) is 12.8. The van der Waals surface area contributed by atoms with Gasteiger partial charge in [0.25, 0.3) is 0 Å². The molecule has 0 saturated carbocycles. The fourth-order valence-corrected chi connectivity index (χ4v) is 2.90. The zero-order valence-electron chi connectivity index (χ0n) is 11.5. The summed E-state index contributed by atoms with van der Waals surface area (Å²) in [5, 5.41) is 13.7. The third-order valence-corrected chi connectivity index (χ3v) is 4.05. The van der Waals surface area contributed by atoms with E-state index in [9.17, 15) is 0 Å². The second-order valence-electron chi connectivity index (χ2n) is 4.45. The van der Waals surface area contributed by atoms with E-state index >= 15 is 0 Å². The molecule has 0 saturated heterocycles. The molecule has 0 amide bonds. The molecule has 0 aliphatic rings. The van der Waals surface area contributed by atoms with Crippen LogP contribution in [0.5, 0.6) is 5.75 Å². The highest BCUT2D eigenvalue weighted by Gasteiger charge is 2.15. The molecule has 8 heteroatoms. The lowest BCUT2D eigenvalue weighted by Gasteiger charge is -2.00. The molecule has 3 aromatic heterocycles. The van der Waals surface area contributed by atoms with Crippen molar-refractivity contribution in [2.75, 3.05) is 7.11 Å². The number of ether oxygens (including phenoxy) is 1. The second kappa shape index (κ2) is 5.15. The fourth-order valence-electron chi connectivity index (χ4n) is 2.06. The number of benzene rings is 1. The van der Waals surface area contributed by atoms with Gasteiger partial charge in [0.1, 0.15) is 16.5 Å². The van der Waals surface area contributed by atoms with Crippen molar-refractivity contribution in [2.45, 2.75) is 0 Å². The molecule has 108 valence electrons. The predicted octanol–water partition coefficient (Wildman–Crippen LogP) is 2.32. The van der Waals surface area contributed by atoms with Gasteiger partial charge in [0.15, 0.2) is 0 Å².